The third-order valence-electron chi connectivity index (χ3n) is 4.12. The molecule has 1 aliphatic rings. The zero-order valence-electron chi connectivity index (χ0n) is 14.5. The molecule has 1 N–H and O–H groups in total. The zero-order valence-corrected chi connectivity index (χ0v) is 15.2. The molecule has 1 aliphatic heterocycles. The zero-order chi connectivity index (χ0) is 19.2. The largest absolute Gasteiger partial charge is 0.490 e. The number of furan rings is 1. The Morgan fingerprint density at radius 2 is 1.93 bits per heavy atom. The number of ether oxygens (including phenoxy) is 1. The van der Waals surface area contributed by atoms with Crippen LogP contribution in [0, 0.1) is 5.82 Å². The van der Waals surface area contributed by atoms with Gasteiger partial charge in [-0.05, 0) is 30.3 Å². The molecule has 0 spiro atoms. The van der Waals surface area contributed by atoms with E-state index in [4.69, 9.17) is 20.8 Å². The monoisotopic (exact) mass is 395 g/mol. The first kappa shape index (κ1) is 19.0. The topological polar surface area (TPSA) is 75.0 Å². The van der Waals surface area contributed by atoms with Crippen LogP contribution in [0.1, 0.15) is 10.6 Å². The van der Waals surface area contributed by atoms with Gasteiger partial charge >= 0.3 is 6.03 Å². The number of halogens is 2. The van der Waals surface area contributed by atoms with E-state index in [1.54, 1.807) is 21.9 Å². The van der Waals surface area contributed by atoms with Crippen molar-refractivity contribution in [3.05, 3.63) is 53.2 Å². The van der Waals surface area contributed by atoms with Gasteiger partial charge < -0.3 is 24.3 Å². The van der Waals surface area contributed by atoms with Crippen LogP contribution in [-0.4, -0.2) is 61.1 Å². The SMILES string of the molecule is O=C(NCCOc1ccc(F)cc1Cl)N1CCN(C(=O)c2ccco2)CC1. The number of urea groups is 1. The van der Waals surface area contributed by atoms with Crippen LogP contribution in [0.4, 0.5) is 9.18 Å². The lowest BCUT2D eigenvalue weighted by Gasteiger charge is -2.34. The van der Waals surface area contributed by atoms with E-state index in [0.717, 1.165) is 0 Å². The summed E-state index contributed by atoms with van der Waals surface area (Å²) in [4.78, 5) is 27.7. The standard InChI is InChI=1S/C18H19ClFN3O4/c19-14-12-13(20)3-4-15(14)27-11-5-21-18(25)23-8-6-22(7-9-23)17(24)16-2-1-10-26-16/h1-4,10,12H,5-9,11H2,(H,21,25). The van der Waals surface area contributed by atoms with E-state index in [1.807, 2.05) is 0 Å². The molecule has 2 heterocycles. The molecule has 144 valence electrons. The van der Waals surface area contributed by atoms with Gasteiger partial charge in [-0.15, -0.1) is 0 Å². The Morgan fingerprint density at radius 1 is 1.19 bits per heavy atom. The molecule has 0 radical (unpaired) electrons. The van der Waals surface area contributed by atoms with Gasteiger partial charge in [0.15, 0.2) is 5.76 Å². The summed E-state index contributed by atoms with van der Waals surface area (Å²) in [6.07, 6.45) is 1.46. The maximum Gasteiger partial charge on any atom is 0.317 e. The van der Waals surface area contributed by atoms with E-state index < -0.39 is 5.82 Å². The van der Waals surface area contributed by atoms with Crippen LogP contribution in [-0.2, 0) is 0 Å². The number of amides is 3. The molecular formula is C18H19ClFN3O4. The smallest absolute Gasteiger partial charge is 0.317 e. The van der Waals surface area contributed by atoms with Gasteiger partial charge in [0, 0.05) is 26.2 Å². The van der Waals surface area contributed by atoms with Crippen LogP contribution in [0.3, 0.4) is 0 Å². The normalized spacial score (nSPS) is 14.1. The molecule has 3 rings (SSSR count). The van der Waals surface area contributed by atoms with Crippen molar-refractivity contribution in [3.8, 4) is 5.75 Å². The third kappa shape index (κ3) is 4.91. The van der Waals surface area contributed by atoms with Crippen LogP contribution in [0.5, 0.6) is 5.75 Å². The summed E-state index contributed by atoms with van der Waals surface area (Å²) in [5.41, 5.74) is 0. The van der Waals surface area contributed by atoms with Gasteiger partial charge in [-0.1, -0.05) is 11.6 Å². The average Bonchev–Trinajstić information content (AvgIpc) is 3.21. The molecule has 3 amide bonds. The predicted molar refractivity (Wildman–Crippen MR) is 96.5 cm³/mol. The highest BCUT2D eigenvalue weighted by Crippen LogP contribution is 2.24. The lowest BCUT2D eigenvalue weighted by Crippen LogP contribution is -2.53. The van der Waals surface area contributed by atoms with Crippen molar-refractivity contribution in [2.45, 2.75) is 0 Å². The molecule has 27 heavy (non-hydrogen) atoms. The summed E-state index contributed by atoms with van der Waals surface area (Å²) in [7, 11) is 0. The number of nitrogens with zero attached hydrogens (tertiary/aromatic N) is 2. The van der Waals surface area contributed by atoms with Crippen LogP contribution >= 0.6 is 11.6 Å². The highest BCUT2D eigenvalue weighted by atomic mass is 35.5. The first-order valence-corrected chi connectivity index (χ1v) is 8.86. The van der Waals surface area contributed by atoms with Gasteiger partial charge in [-0.3, -0.25) is 4.79 Å². The molecule has 7 nitrogen and oxygen atoms in total. The minimum Gasteiger partial charge on any atom is -0.490 e. The maximum absolute atomic E-state index is 13.0. The van der Waals surface area contributed by atoms with Crippen LogP contribution < -0.4 is 10.1 Å². The fourth-order valence-electron chi connectivity index (χ4n) is 2.69. The molecule has 1 aromatic carbocycles. The Hall–Kier alpha value is -2.74. The van der Waals surface area contributed by atoms with Gasteiger partial charge in [-0.25, -0.2) is 9.18 Å². The first-order chi connectivity index (χ1) is 13.0. The molecule has 0 bridgehead atoms. The lowest BCUT2D eigenvalue weighted by atomic mass is 10.3. The van der Waals surface area contributed by atoms with Gasteiger partial charge in [-0.2, -0.15) is 0 Å². The number of carbonyl (C=O) groups excluding carboxylic acids is 2. The van der Waals surface area contributed by atoms with Crippen LogP contribution in [0.15, 0.2) is 41.0 Å². The molecule has 1 aromatic heterocycles. The lowest BCUT2D eigenvalue weighted by molar-refractivity contribution is 0.0634. The number of nitrogens with one attached hydrogen (secondary N) is 1. The van der Waals surface area contributed by atoms with E-state index in [0.29, 0.717) is 37.7 Å². The maximum atomic E-state index is 13.0. The summed E-state index contributed by atoms with van der Waals surface area (Å²) >= 11 is 5.87. The summed E-state index contributed by atoms with van der Waals surface area (Å²) in [5.74, 6) is 0.0387. The molecule has 1 saturated heterocycles. The Morgan fingerprint density at radius 3 is 2.59 bits per heavy atom. The van der Waals surface area contributed by atoms with Gasteiger partial charge in [0.05, 0.1) is 17.8 Å². The molecule has 2 aromatic rings. The minimum atomic E-state index is -0.440. The van der Waals surface area contributed by atoms with E-state index in [1.165, 1.54) is 24.5 Å². The number of hydrogen-bond donors (Lipinski definition) is 1. The number of piperazine rings is 1. The number of rotatable bonds is 5. The van der Waals surface area contributed by atoms with Gasteiger partial charge in [0.1, 0.15) is 18.2 Å². The molecular weight excluding hydrogens is 377 g/mol. The molecule has 0 aliphatic carbocycles. The van der Waals surface area contributed by atoms with E-state index >= 15 is 0 Å². The summed E-state index contributed by atoms with van der Waals surface area (Å²) in [6, 6.07) is 6.91. The van der Waals surface area contributed by atoms with Crippen molar-refractivity contribution in [1.82, 2.24) is 15.1 Å². The van der Waals surface area contributed by atoms with Gasteiger partial charge in [0.2, 0.25) is 0 Å². The van der Waals surface area contributed by atoms with Crippen molar-refractivity contribution in [2.75, 3.05) is 39.3 Å². The summed E-state index contributed by atoms with van der Waals surface area (Å²) in [5, 5.41) is 2.93. The molecule has 9 heteroatoms. The second-order valence-electron chi connectivity index (χ2n) is 5.91. The second-order valence-corrected chi connectivity index (χ2v) is 6.32. The first-order valence-electron chi connectivity index (χ1n) is 8.48. The minimum absolute atomic E-state index is 0.176. The Bertz CT molecular complexity index is 792. The van der Waals surface area contributed by atoms with Crippen molar-refractivity contribution >= 4 is 23.5 Å². The fraction of sp³-hybridized carbons (Fsp3) is 0.333. The molecule has 0 unspecified atom stereocenters. The van der Waals surface area contributed by atoms with E-state index in [-0.39, 0.29) is 30.1 Å². The molecule has 0 saturated carbocycles. The van der Waals surface area contributed by atoms with E-state index in [2.05, 4.69) is 5.32 Å². The molecule has 0 atom stereocenters. The summed E-state index contributed by atoms with van der Waals surface area (Å²) in [6.45, 7) is 2.22. The van der Waals surface area contributed by atoms with Crippen molar-refractivity contribution in [2.24, 2.45) is 0 Å². The van der Waals surface area contributed by atoms with Crippen molar-refractivity contribution in [1.29, 1.82) is 0 Å². The predicted octanol–water partition coefficient (Wildman–Crippen LogP) is 2.62. The number of carbonyl (C=O) groups is 2. The van der Waals surface area contributed by atoms with Crippen molar-refractivity contribution < 1.29 is 23.1 Å². The quantitative estimate of drug-likeness (QED) is 0.790. The summed E-state index contributed by atoms with van der Waals surface area (Å²) < 4.78 is 23.5. The van der Waals surface area contributed by atoms with Crippen LogP contribution in [0.25, 0.3) is 0 Å². The van der Waals surface area contributed by atoms with Gasteiger partial charge in [0.25, 0.3) is 5.91 Å². The molecule has 1 fully saturated rings. The van der Waals surface area contributed by atoms with Crippen molar-refractivity contribution in [3.63, 3.8) is 0 Å². The number of hydrogen-bond acceptors (Lipinski definition) is 4. The Kier molecular flexibility index (Phi) is 6.18. The Balaban J connectivity index is 1.37. The highest BCUT2D eigenvalue weighted by molar-refractivity contribution is 6.32. The average molecular weight is 396 g/mol. The Labute approximate surface area is 160 Å². The highest BCUT2D eigenvalue weighted by Gasteiger charge is 2.25. The number of benzene rings is 1. The fourth-order valence-corrected chi connectivity index (χ4v) is 2.91. The van der Waals surface area contributed by atoms with Crippen LogP contribution in [0.2, 0.25) is 5.02 Å². The van der Waals surface area contributed by atoms with E-state index in [9.17, 15) is 14.0 Å². The third-order valence-corrected chi connectivity index (χ3v) is 4.41. The second kappa shape index (κ2) is 8.77.